The first kappa shape index (κ1) is 8.05. The average Bonchev–Trinajstić information content (AvgIpc) is 1.86. The number of allylic oxidation sites excluding steroid dienone is 2. The Morgan fingerprint density at radius 2 is 2.09 bits per heavy atom. The number of hydrazone groups is 1. The van der Waals surface area contributed by atoms with Crippen molar-refractivity contribution >= 4 is 6.21 Å². The Balaban J connectivity index is 2.82. The molecule has 2 heteroatoms. The van der Waals surface area contributed by atoms with E-state index in [2.05, 4.69) is 32.5 Å². The van der Waals surface area contributed by atoms with Gasteiger partial charge in [-0.25, -0.2) is 0 Å². The molecule has 0 saturated carbocycles. The number of hydrogen-bond donors (Lipinski definition) is 0. The van der Waals surface area contributed by atoms with Crippen molar-refractivity contribution in [3.05, 3.63) is 24.4 Å². The first-order chi connectivity index (χ1) is 5.02. The molecule has 0 aromatic rings. The van der Waals surface area contributed by atoms with E-state index in [-0.39, 0.29) is 5.54 Å². The Hall–Kier alpha value is -1.05. The molecule has 0 bridgehead atoms. The van der Waals surface area contributed by atoms with Crippen LogP contribution in [0.15, 0.2) is 29.5 Å². The summed E-state index contributed by atoms with van der Waals surface area (Å²) in [5.41, 5.74) is 0.971. The zero-order chi connectivity index (χ0) is 8.48. The van der Waals surface area contributed by atoms with Crippen LogP contribution in [0.3, 0.4) is 0 Å². The fraction of sp³-hybridized carbons (Fsp3) is 0.444. The van der Waals surface area contributed by atoms with E-state index in [9.17, 15) is 0 Å². The van der Waals surface area contributed by atoms with Gasteiger partial charge in [-0.3, -0.25) is 5.01 Å². The van der Waals surface area contributed by atoms with Crippen LogP contribution in [0.25, 0.3) is 0 Å². The number of nitrogens with zero attached hydrogens (tertiary/aromatic N) is 2. The molecule has 0 spiro atoms. The summed E-state index contributed by atoms with van der Waals surface area (Å²) in [7, 11) is 0. The highest BCUT2D eigenvalue weighted by atomic mass is 15.5. The molecule has 1 aliphatic heterocycles. The summed E-state index contributed by atoms with van der Waals surface area (Å²) in [5, 5.41) is 6.11. The van der Waals surface area contributed by atoms with Gasteiger partial charge in [-0.2, -0.15) is 5.10 Å². The van der Waals surface area contributed by atoms with Gasteiger partial charge in [0, 0.05) is 6.21 Å². The van der Waals surface area contributed by atoms with Crippen LogP contribution in [0.5, 0.6) is 0 Å². The minimum atomic E-state index is 0.0261. The van der Waals surface area contributed by atoms with Gasteiger partial charge in [0.05, 0.1) is 11.2 Å². The Kier molecular flexibility index (Phi) is 1.85. The number of rotatable bonds is 0. The van der Waals surface area contributed by atoms with Gasteiger partial charge in [-0.1, -0.05) is 6.58 Å². The minimum absolute atomic E-state index is 0.0261. The Morgan fingerprint density at radius 3 is 2.45 bits per heavy atom. The summed E-state index contributed by atoms with van der Waals surface area (Å²) in [6.07, 6.45) is 5.63. The third-order valence-corrected chi connectivity index (χ3v) is 1.46. The van der Waals surface area contributed by atoms with Crippen LogP contribution in [0.2, 0.25) is 0 Å². The molecule has 11 heavy (non-hydrogen) atoms. The summed E-state index contributed by atoms with van der Waals surface area (Å²) >= 11 is 0. The van der Waals surface area contributed by atoms with Crippen molar-refractivity contribution in [2.45, 2.75) is 26.3 Å². The van der Waals surface area contributed by atoms with E-state index in [0.29, 0.717) is 0 Å². The molecule has 0 aromatic heterocycles. The second kappa shape index (κ2) is 2.53. The van der Waals surface area contributed by atoms with Crippen molar-refractivity contribution < 1.29 is 0 Å². The molecule has 0 aromatic carbocycles. The van der Waals surface area contributed by atoms with E-state index in [0.717, 1.165) is 5.70 Å². The molecular weight excluding hydrogens is 136 g/mol. The van der Waals surface area contributed by atoms with Crippen LogP contribution >= 0.6 is 0 Å². The molecule has 0 atom stereocenters. The summed E-state index contributed by atoms with van der Waals surface area (Å²) in [5.74, 6) is 0. The average molecular weight is 150 g/mol. The molecule has 0 saturated heterocycles. The molecule has 0 N–H and O–H groups in total. The Morgan fingerprint density at radius 1 is 1.45 bits per heavy atom. The standard InChI is InChI=1S/C9H14N2/c1-8-6-5-7-10-11(8)9(2,3)4/h5-7H,1H2,2-4H3. The zero-order valence-corrected chi connectivity index (χ0v) is 7.33. The lowest BCUT2D eigenvalue weighted by molar-refractivity contribution is 0.200. The lowest BCUT2D eigenvalue weighted by atomic mass is 10.1. The van der Waals surface area contributed by atoms with Gasteiger partial charge in [0.1, 0.15) is 0 Å². The van der Waals surface area contributed by atoms with E-state index in [1.165, 1.54) is 0 Å². The Bertz CT molecular complexity index is 218. The van der Waals surface area contributed by atoms with Crippen LogP contribution in [0.1, 0.15) is 20.8 Å². The van der Waals surface area contributed by atoms with Gasteiger partial charge in [0.25, 0.3) is 0 Å². The summed E-state index contributed by atoms with van der Waals surface area (Å²) in [6, 6.07) is 0. The molecule has 0 radical (unpaired) electrons. The topological polar surface area (TPSA) is 15.6 Å². The molecular formula is C9H14N2. The highest BCUT2D eigenvalue weighted by molar-refractivity contribution is 5.73. The van der Waals surface area contributed by atoms with Gasteiger partial charge in [0.2, 0.25) is 0 Å². The highest BCUT2D eigenvalue weighted by Crippen LogP contribution is 2.20. The van der Waals surface area contributed by atoms with Crippen molar-refractivity contribution in [3.63, 3.8) is 0 Å². The van der Waals surface area contributed by atoms with Gasteiger partial charge < -0.3 is 0 Å². The van der Waals surface area contributed by atoms with Crippen LogP contribution < -0.4 is 0 Å². The number of hydrogen-bond acceptors (Lipinski definition) is 2. The zero-order valence-electron chi connectivity index (χ0n) is 7.33. The quantitative estimate of drug-likeness (QED) is 0.516. The summed E-state index contributed by atoms with van der Waals surface area (Å²) in [6.45, 7) is 10.2. The maximum Gasteiger partial charge on any atom is 0.0550 e. The Labute approximate surface area is 67.9 Å². The normalized spacial score (nSPS) is 17.7. The van der Waals surface area contributed by atoms with E-state index in [4.69, 9.17) is 0 Å². The van der Waals surface area contributed by atoms with Crippen LogP contribution in [-0.4, -0.2) is 16.8 Å². The first-order valence-electron chi connectivity index (χ1n) is 3.71. The molecule has 1 heterocycles. The monoisotopic (exact) mass is 150 g/mol. The van der Waals surface area contributed by atoms with Crippen LogP contribution in [0.4, 0.5) is 0 Å². The van der Waals surface area contributed by atoms with Crippen molar-refractivity contribution in [1.82, 2.24) is 5.01 Å². The fourth-order valence-corrected chi connectivity index (χ4v) is 1.01. The van der Waals surface area contributed by atoms with Gasteiger partial charge >= 0.3 is 0 Å². The van der Waals surface area contributed by atoms with E-state index >= 15 is 0 Å². The maximum atomic E-state index is 4.20. The smallest absolute Gasteiger partial charge is 0.0550 e. The van der Waals surface area contributed by atoms with Crippen molar-refractivity contribution in [2.75, 3.05) is 0 Å². The molecule has 0 unspecified atom stereocenters. The van der Waals surface area contributed by atoms with E-state index in [1.54, 1.807) is 6.21 Å². The molecule has 0 fully saturated rings. The van der Waals surface area contributed by atoms with Crippen molar-refractivity contribution in [1.29, 1.82) is 0 Å². The molecule has 1 aliphatic rings. The summed E-state index contributed by atoms with van der Waals surface area (Å²) < 4.78 is 0. The molecule has 0 amide bonds. The third-order valence-electron chi connectivity index (χ3n) is 1.46. The molecule has 0 aliphatic carbocycles. The lowest BCUT2D eigenvalue weighted by Crippen LogP contribution is -2.36. The van der Waals surface area contributed by atoms with Crippen molar-refractivity contribution in [3.8, 4) is 0 Å². The SMILES string of the molecule is C=C1C=CC=NN1C(C)(C)C. The first-order valence-corrected chi connectivity index (χ1v) is 3.71. The summed E-state index contributed by atoms with van der Waals surface area (Å²) in [4.78, 5) is 0. The van der Waals surface area contributed by atoms with Crippen molar-refractivity contribution in [2.24, 2.45) is 5.10 Å². The highest BCUT2D eigenvalue weighted by Gasteiger charge is 2.21. The fourth-order valence-electron chi connectivity index (χ4n) is 1.01. The lowest BCUT2D eigenvalue weighted by Gasteiger charge is -2.34. The third kappa shape index (κ3) is 1.70. The largest absolute Gasteiger partial charge is 0.261 e. The maximum absolute atomic E-state index is 4.20. The second-order valence-corrected chi connectivity index (χ2v) is 3.60. The van der Waals surface area contributed by atoms with Gasteiger partial charge in [-0.15, -0.1) is 0 Å². The van der Waals surface area contributed by atoms with Crippen LogP contribution in [0, 0.1) is 0 Å². The predicted octanol–water partition coefficient (Wildman–Crippen LogP) is 2.16. The van der Waals surface area contributed by atoms with Crippen LogP contribution in [-0.2, 0) is 0 Å². The predicted molar refractivity (Wildman–Crippen MR) is 48.4 cm³/mol. The molecule has 2 nitrogen and oxygen atoms in total. The van der Waals surface area contributed by atoms with Gasteiger partial charge in [0.15, 0.2) is 0 Å². The second-order valence-electron chi connectivity index (χ2n) is 3.60. The molecule has 1 rings (SSSR count). The van der Waals surface area contributed by atoms with E-state index < -0.39 is 0 Å². The molecule has 60 valence electrons. The minimum Gasteiger partial charge on any atom is -0.261 e. The van der Waals surface area contributed by atoms with E-state index in [1.807, 2.05) is 17.2 Å². The van der Waals surface area contributed by atoms with Gasteiger partial charge in [-0.05, 0) is 32.9 Å².